The molecule has 0 saturated carbocycles. The fourth-order valence-corrected chi connectivity index (χ4v) is 0.791. The number of allylic oxidation sites excluding steroid dienone is 1. The Kier molecular flexibility index (Phi) is 8.24. The van der Waals surface area contributed by atoms with Crippen LogP contribution in [0, 0.1) is 6.92 Å². The van der Waals surface area contributed by atoms with E-state index < -0.39 is 0 Å². The molecule has 0 N–H and O–H groups in total. The van der Waals surface area contributed by atoms with Crippen LogP contribution in [0.4, 0.5) is 0 Å². The predicted octanol–water partition coefficient (Wildman–Crippen LogP) is 2.00. The molecule has 1 atom stereocenters. The topological polar surface area (TPSA) is 35.5 Å². The van der Waals surface area contributed by atoms with Gasteiger partial charge in [-0.1, -0.05) is 12.2 Å². The van der Waals surface area contributed by atoms with Gasteiger partial charge in [0.15, 0.2) is 0 Å². The fourth-order valence-electron chi connectivity index (χ4n) is 0.791. The molecule has 3 nitrogen and oxygen atoms in total. The summed E-state index contributed by atoms with van der Waals surface area (Å²) < 4.78 is 9.96. The van der Waals surface area contributed by atoms with E-state index in [2.05, 4.69) is 0 Å². The molecule has 0 amide bonds. The van der Waals surface area contributed by atoms with Gasteiger partial charge in [-0.15, -0.1) is 0 Å². The highest BCUT2D eigenvalue weighted by molar-refractivity contribution is 5.71. The molecule has 0 rings (SSSR count). The monoisotopic (exact) mass is 198 g/mol. The van der Waals surface area contributed by atoms with Crippen molar-refractivity contribution in [3.8, 4) is 0 Å². The van der Waals surface area contributed by atoms with E-state index in [0.717, 1.165) is 6.42 Å². The molecule has 0 aromatic rings. The van der Waals surface area contributed by atoms with E-state index in [4.69, 9.17) is 16.4 Å². The first-order valence-electron chi connectivity index (χ1n) is 4.74. The second-order valence-corrected chi connectivity index (χ2v) is 2.97. The normalized spacial score (nSPS) is 13.1. The largest absolute Gasteiger partial charge is 0.465 e. The summed E-state index contributed by atoms with van der Waals surface area (Å²) in [7, 11) is 1.64. The Hall–Kier alpha value is -0.830. The minimum absolute atomic E-state index is 0.127. The highest BCUT2D eigenvalue weighted by Gasteiger charge is 2.02. The van der Waals surface area contributed by atoms with Crippen molar-refractivity contribution in [1.82, 2.24) is 0 Å². The summed E-state index contributed by atoms with van der Waals surface area (Å²) in [4.78, 5) is 11.0. The average Bonchev–Trinajstić information content (AvgIpc) is 2.18. The molecule has 0 spiro atoms. The van der Waals surface area contributed by atoms with Crippen molar-refractivity contribution in [3.63, 3.8) is 0 Å². The van der Waals surface area contributed by atoms with Gasteiger partial charge in [-0.25, -0.2) is 0 Å². The Labute approximate surface area is 86.1 Å². The van der Waals surface area contributed by atoms with Gasteiger partial charge in [-0.3, -0.25) is 4.79 Å². The van der Waals surface area contributed by atoms with E-state index in [0.29, 0.717) is 19.4 Å². The van der Waals surface area contributed by atoms with Crippen molar-refractivity contribution >= 4 is 5.97 Å². The van der Waals surface area contributed by atoms with Crippen molar-refractivity contribution in [2.75, 3.05) is 13.7 Å². The van der Waals surface area contributed by atoms with E-state index in [1.165, 1.54) is 0 Å². The number of ether oxygens (including phenoxy) is 2. The summed E-state index contributed by atoms with van der Waals surface area (Å²) in [6.45, 7) is 7.56. The lowest BCUT2D eigenvalue weighted by molar-refractivity contribution is -0.143. The van der Waals surface area contributed by atoms with Crippen LogP contribution in [0.5, 0.6) is 0 Å². The van der Waals surface area contributed by atoms with Gasteiger partial charge in [0.05, 0.1) is 19.1 Å². The van der Waals surface area contributed by atoms with Crippen LogP contribution >= 0.6 is 0 Å². The van der Waals surface area contributed by atoms with Crippen LogP contribution in [-0.2, 0) is 14.3 Å². The molecule has 0 heterocycles. The molecule has 2 radical (unpaired) electrons. The van der Waals surface area contributed by atoms with Crippen LogP contribution in [0.2, 0.25) is 0 Å². The highest BCUT2D eigenvalue weighted by Crippen LogP contribution is 1.97. The second kappa shape index (κ2) is 8.75. The van der Waals surface area contributed by atoms with E-state index in [9.17, 15) is 4.79 Å². The third-order valence-corrected chi connectivity index (χ3v) is 1.78. The smallest absolute Gasteiger partial charge is 0.309 e. The third-order valence-electron chi connectivity index (χ3n) is 1.78. The zero-order valence-corrected chi connectivity index (χ0v) is 8.86. The molecule has 0 fully saturated rings. The molecule has 0 aromatic heterocycles. The van der Waals surface area contributed by atoms with Crippen LogP contribution in [0.1, 0.15) is 26.2 Å². The van der Waals surface area contributed by atoms with Gasteiger partial charge < -0.3 is 9.47 Å². The van der Waals surface area contributed by atoms with Crippen molar-refractivity contribution < 1.29 is 14.3 Å². The van der Waals surface area contributed by atoms with Gasteiger partial charge >= 0.3 is 5.97 Å². The molecular weight excluding hydrogens is 180 g/mol. The standard InChI is InChI=1S/C11H18O3/c1-4-5-6-7-11(12)14-9-8-10(2)13-3/h1,5-6,10H,4,7-9H2,2-3H3/b6-5-. The molecule has 0 aromatic carbocycles. The zero-order valence-electron chi connectivity index (χ0n) is 8.86. The lowest BCUT2D eigenvalue weighted by Gasteiger charge is -2.08. The minimum Gasteiger partial charge on any atom is -0.465 e. The van der Waals surface area contributed by atoms with Gasteiger partial charge in [0.1, 0.15) is 0 Å². The quantitative estimate of drug-likeness (QED) is 0.463. The Morgan fingerprint density at radius 1 is 1.50 bits per heavy atom. The Morgan fingerprint density at radius 2 is 2.21 bits per heavy atom. The predicted molar refractivity (Wildman–Crippen MR) is 54.7 cm³/mol. The summed E-state index contributed by atoms with van der Waals surface area (Å²) in [5.74, 6) is -0.224. The van der Waals surface area contributed by atoms with Crippen LogP contribution in [0.3, 0.4) is 0 Å². The molecule has 0 aliphatic heterocycles. The van der Waals surface area contributed by atoms with Gasteiger partial charge in [0, 0.05) is 13.5 Å². The van der Waals surface area contributed by atoms with Crippen molar-refractivity contribution in [2.45, 2.75) is 32.3 Å². The highest BCUT2D eigenvalue weighted by atomic mass is 16.5. The summed E-state index contributed by atoms with van der Waals surface area (Å²) in [6.07, 6.45) is 5.04. The Bertz CT molecular complexity index is 175. The van der Waals surface area contributed by atoms with Gasteiger partial charge in [0.2, 0.25) is 0 Å². The first kappa shape index (κ1) is 13.2. The number of hydrogen-bond donors (Lipinski definition) is 0. The molecular formula is C11H18O3. The molecule has 14 heavy (non-hydrogen) atoms. The molecule has 80 valence electrons. The van der Waals surface area contributed by atoms with Gasteiger partial charge in [-0.05, 0) is 20.3 Å². The average molecular weight is 198 g/mol. The van der Waals surface area contributed by atoms with E-state index >= 15 is 0 Å². The molecule has 0 saturated heterocycles. The first-order valence-corrected chi connectivity index (χ1v) is 4.74. The third kappa shape index (κ3) is 7.80. The van der Waals surface area contributed by atoms with Crippen LogP contribution in [0.25, 0.3) is 0 Å². The fraction of sp³-hybridized carbons (Fsp3) is 0.636. The van der Waals surface area contributed by atoms with Gasteiger partial charge in [-0.2, -0.15) is 0 Å². The lowest BCUT2D eigenvalue weighted by atomic mass is 10.3. The van der Waals surface area contributed by atoms with E-state index in [1.807, 2.05) is 6.92 Å². The van der Waals surface area contributed by atoms with Crippen LogP contribution < -0.4 is 0 Å². The second-order valence-electron chi connectivity index (χ2n) is 2.97. The minimum atomic E-state index is -0.224. The maximum absolute atomic E-state index is 11.0. The Balaban J connectivity index is 3.40. The molecule has 0 aliphatic carbocycles. The SMILES string of the molecule is [CH]C/C=C\CC(=O)OCCC(C)OC. The maximum atomic E-state index is 11.0. The van der Waals surface area contributed by atoms with Gasteiger partial charge in [0.25, 0.3) is 0 Å². The van der Waals surface area contributed by atoms with Crippen LogP contribution in [-0.4, -0.2) is 25.8 Å². The number of esters is 1. The van der Waals surface area contributed by atoms with Crippen molar-refractivity contribution in [3.05, 3.63) is 19.1 Å². The number of hydrogen-bond acceptors (Lipinski definition) is 3. The molecule has 0 bridgehead atoms. The number of rotatable bonds is 7. The van der Waals surface area contributed by atoms with E-state index in [-0.39, 0.29) is 12.1 Å². The number of carbonyl (C=O) groups is 1. The van der Waals surface area contributed by atoms with E-state index in [1.54, 1.807) is 19.3 Å². The molecule has 3 heteroatoms. The molecule has 0 aliphatic rings. The Morgan fingerprint density at radius 3 is 2.79 bits per heavy atom. The zero-order chi connectivity index (χ0) is 10.8. The summed E-state index contributed by atoms with van der Waals surface area (Å²) in [5, 5.41) is 0. The lowest BCUT2D eigenvalue weighted by Crippen LogP contribution is -2.12. The summed E-state index contributed by atoms with van der Waals surface area (Å²) in [6, 6.07) is 0. The number of methoxy groups -OCH3 is 1. The van der Waals surface area contributed by atoms with Crippen molar-refractivity contribution in [2.24, 2.45) is 0 Å². The van der Waals surface area contributed by atoms with Crippen molar-refractivity contribution in [1.29, 1.82) is 0 Å². The first-order chi connectivity index (χ1) is 6.70. The maximum Gasteiger partial charge on any atom is 0.309 e. The number of carbonyl (C=O) groups excluding carboxylic acids is 1. The summed E-state index contributed by atoms with van der Waals surface area (Å²) in [5.41, 5.74) is 0. The van der Waals surface area contributed by atoms with Crippen LogP contribution in [0.15, 0.2) is 12.2 Å². The summed E-state index contributed by atoms with van der Waals surface area (Å²) >= 11 is 0. The molecule has 1 unspecified atom stereocenters.